The molecule has 1 fully saturated rings. The Morgan fingerprint density at radius 2 is 1.50 bits per heavy atom. The fourth-order valence-corrected chi connectivity index (χ4v) is 3.31. The van der Waals surface area contributed by atoms with Gasteiger partial charge in [-0.25, -0.2) is 13.2 Å². The Hall–Kier alpha value is -2.90. The Morgan fingerprint density at radius 1 is 0.893 bits per heavy atom. The lowest BCUT2D eigenvalue weighted by Gasteiger charge is -2.27. The van der Waals surface area contributed by atoms with Gasteiger partial charge in [-0.3, -0.25) is 14.6 Å². The van der Waals surface area contributed by atoms with E-state index in [-0.39, 0.29) is 17.5 Å². The van der Waals surface area contributed by atoms with E-state index in [0.29, 0.717) is 32.2 Å². The quantitative estimate of drug-likeness (QED) is 0.766. The van der Waals surface area contributed by atoms with Crippen LogP contribution in [0, 0.1) is 29.3 Å². The molecule has 1 aromatic carbocycles. The minimum Gasteiger partial charge on any atom is -0.352 e. The van der Waals surface area contributed by atoms with Crippen LogP contribution in [0.15, 0.2) is 36.7 Å². The van der Waals surface area contributed by atoms with E-state index in [9.17, 15) is 22.8 Å². The summed E-state index contributed by atoms with van der Waals surface area (Å²) in [5.41, 5.74) is 0.561. The summed E-state index contributed by atoms with van der Waals surface area (Å²) >= 11 is 0. The van der Waals surface area contributed by atoms with Gasteiger partial charge in [-0.15, -0.1) is 0 Å². The first-order valence-electron chi connectivity index (χ1n) is 9.06. The summed E-state index contributed by atoms with van der Waals surface area (Å²) in [4.78, 5) is 28.5. The lowest BCUT2D eigenvalue weighted by Crippen LogP contribution is -2.35. The molecule has 0 aliphatic heterocycles. The molecule has 0 saturated heterocycles. The molecule has 1 aliphatic rings. The summed E-state index contributed by atoms with van der Waals surface area (Å²) in [5.74, 6) is -5.47. The van der Waals surface area contributed by atoms with Gasteiger partial charge in [-0.05, 0) is 55.5 Å². The highest BCUT2D eigenvalue weighted by molar-refractivity contribution is 5.93. The van der Waals surface area contributed by atoms with E-state index in [0.717, 1.165) is 17.7 Å². The maximum atomic E-state index is 13.7. The van der Waals surface area contributed by atoms with Crippen LogP contribution in [0.3, 0.4) is 0 Å². The zero-order chi connectivity index (χ0) is 20.1. The van der Waals surface area contributed by atoms with Crippen LogP contribution in [0.25, 0.3) is 0 Å². The standard InChI is InChI=1S/C20H20F3N3O2/c21-15-5-6-16(18(23)17(15)22)26-20(28)14-3-1-13(2-4-14)19(27)25-11-12-7-9-24-10-8-12/h5-10,13-14H,1-4,11H2,(H,25,27)(H,26,28). The fraction of sp³-hybridized carbons (Fsp3) is 0.350. The molecule has 0 atom stereocenters. The van der Waals surface area contributed by atoms with Crippen molar-refractivity contribution in [3.63, 3.8) is 0 Å². The Balaban J connectivity index is 1.48. The summed E-state index contributed by atoms with van der Waals surface area (Å²) in [6, 6.07) is 5.39. The maximum absolute atomic E-state index is 13.7. The van der Waals surface area contributed by atoms with Gasteiger partial charge in [-0.2, -0.15) is 0 Å². The molecule has 2 aromatic rings. The van der Waals surface area contributed by atoms with Crippen molar-refractivity contribution < 1.29 is 22.8 Å². The summed E-state index contributed by atoms with van der Waals surface area (Å²) in [5, 5.41) is 5.19. The average molecular weight is 391 g/mol. The third-order valence-corrected chi connectivity index (χ3v) is 4.98. The van der Waals surface area contributed by atoms with Gasteiger partial charge < -0.3 is 10.6 Å². The minimum absolute atomic E-state index is 0.0673. The Kier molecular flexibility index (Phi) is 6.28. The number of hydrogen-bond acceptors (Lipinski definition) is 3. The van der Waals surface area contributed by atoms with Gasteiger partial charge in [0.15, 0.2) is 17.5 Å². The molecule has 0 spiro atoms. The molecule has 3 rings (SSSR count). The lowest BCUT2D eigenvalue weighted by atomic mass is 9.81. The predicted octanol–water partition coefficient (Wildman–Crippen LogP) is 3.56. The molecule has 0 radical (unpaired) electrons. The molecule has 2 N–H and O–H groups in total. The number of nitrogens with one attached hydrogen (secondary N) is 2. The normalized spacial score (nSPS) is 19.1. The SMILES string of the molecule is O=C(NCc1ccncc1)C1CCC(C(=O)Nc2ccc(F)c(F)c2F)CC1. The van der Waals surface area contributed by atoms with Crippen LogP contribution in [0.5, 0.6) is 0 Å². The molecule has 0 bridgehead atoms. The number of benzene rings is 1. The van der Waals surface area contributed by atoms with Crippen molar-refractivity contribution in [2.75, 3.05) is 5.32 Å². The number of aromatic nitrogens is 1. The van der Waals surface area contributed by atoms with Crippen molar-refractivity contribution in [2.45, 2.75) is 32.2 Å². The van der Waals surface area contributed by atoms with Crippen molar-refractivity contribution in [1.29, 1.82) is 0 Å². The molecule has 1 heterocycles. The first-order valence-corrected chi connectivity index (χ1v) is 9.06. The van der Waals surface area contributed by atoms with Crippen molar-refractivity contribution >= 4 is 17.5 Å². The van der Waals surface area contributed by atoms with E-state index < -0.39 is 29.3 Å². The number of carbonyl (C=O) groups is 2. The molecule has 148 valence electrons. The Morgan fingerprint density at radius 3 is 2.14 bits per heavy atom. The smallest absolute Gasteiger partial charge is 0.227 e. The summed E-state index contributed by atoms with van der Waals surface area (Å²) < 4.78 is 39.9. The molecule has 1 aromatic heterocycles. The second-order valence-electron chi connectivity index (χ2n) is 6.83. The Labute approximate surface area is 160 Å². The second kappa shape index (κ2) is 8.86. The third kappa shape index (κ3) is 4.68. The molecule has 8 heteroatoms. The van der Waals surface area contributed by atoms with Crippen LogP contribution in [-0.4, -0.2) is 16.8 Å². The number of hydrogen-bond donors (Lipinski definition) is 2. The van der Waals surface area contributed by atoms with Crippen molar-refractivity contribution in [2.24, 2.45) is 11.8 Å². The highest BCUT2D eigenvalue weighted by atomic mass is 19.2. The molecule has 1 saturated carbocycles. The second-order valence-corrected chi connectivity index (χ2v) is 6.83. The van der Waals surface area contributed by atoms with E-state index in [1.165, 1.54) is 0 Å². The molecule has 0 unspecified atom stereocenters. The highest BCUT2D eigenvalue weighted by Gasteiger charge is 2.30. The fourth-order valence-electron chi connectivity index (χ4n) is 3.31. The number of rotatable bonds is 5. The Bertz CT molecular complexity index is 853. The molecule has 28 heavy (non-hydrogen) atoms. The number of amides is 2. The monoisotopic (exact) mass is 391 g/mol. The number of halogens is 3. The largest absolute Gasteiger partial charge is 0.352 e. The van der Waals surface area contributed by atoms with Crippen LogP contribution in [0.1, 0.15) is 31.2 Å². The lowest BCUT2D eigenvalue weighted by molar-refractivity contribution is -0.128. The van der Waals surface area contributed by atoms with E-state index in [1.807, 2.05) is 12.1 Å². The van der Waals surface area contributed by atoms with Gasteiger partial charge in [0, 0.05) is 30.8 Å². The minimum atomic E-state index is -1.62. The van der Waals surface area contributed by atoms with E-state index in [2.05, 4.69) is 15.6 Å². The maximum Gasteiger partial charge on any atom is 0.227 e. The number of anilines is 1. The molecule has 1 aliphatic carbocycles. The number of nitrogens with zero attached hydrogens (tertiary/aromatic N) is 1. The van der Waals surface area contributed by atoms with Gasteiger partial charge in [0.1, 0.15) is 0 Å². The van der Waals surface area contributed by atoms with Gasteiger partial charge >= 0.3 is 0 Å². The zero-order valence-corrected chi connectivity index (χ0v) is 15.1. The van der Waals surface area contributed by atoms with Crippen molar-refractivity contribution in [3.05, 3.63) is 59.7 Å². The third-order valence-electron chi connectivity index (χ3n) is 4.98. The first kappa shape index (κ1) is 19.9. The molecule has 2 amide bonds. The number of pyridine rings is 1. The van der Waals surface area contributed by atoms with Crippen LogP contribution in [0.4, 0.5) is 18.9 Å². The van der Waals surface area contributed by atoms with E-state index in [4.69, 9.17) is 0 Å². The van der Waals surface area contributed by atoms with Gasteiger partial charge in [0.2, 0.25) is 11.8 Å². The van der Waals surface area contributed by atoms with Crippen LogP contribution in [0.2, 0.25) is 0 Å². The number of carbonyl (C=O) groups excluding carboxylic acids is 2. The van der Waals surface area contributed by atoms with Crippen LogP contribution >= 0.6 is 0 Å². The predicted molar refractivity (Wildman–Crippen MR) is 96.5 cm³/mol. The van der Waals surface area contributed by atoms with Crippen LogP contribution < -0.4 is 10.6 Å². The van der Waals surface area contributed by atoms with Crippen molar-refractivity contribution in [3.8, 4) is 0 Å². The summed E-state index contributed by atoms with van der Waals surface area (Å²) in [7, 11) is 0. The van der Waals surface area contributed by atoms with Gasteiger partial charge in [0.05, 0.1) is 5.69 Å². The molecule has 5 nitrogen and oxygen atoms in total. The average Bonchev–Trinajstić information content (AvgIpc) is 2.73. The summed E-state index contributed by atoms with van der Waals surface area (Å²) in [6.45, 7) is 0.414. The molecular weight excluding hydrogens is 371 g/mol. The molecular formula is C20H20F3N3O2. The van der Waals surface area contributed by atoms with Gasteiger partial charge in [-0.1, -0.05) is 0 Å². The topological polar surface area (TPSA) is 71.1 Å². The van der Waals surface area contributed by atoms with Crippen molar-refractivity contribution in [1.82, 2.24) is 10.3 Å². The summed E-state index contributed by atoms with van der Waals surface area (Å²) in [6.07, 6.45) is 5.29. The van der Waals surface area contributed by atoms with E-state index >= 15 is 0 Å². The van der Waals surface area contributed by atoms with E-state index in [1.54, 1.807) is 12.4 Å². The van der Waals surface area contributed by atoms with Gasteiger partial charge in [0.25, 0.3) is 0 Å². The zero-order valence-electron chi connectivity index (χ0n) is 15.1. The highest BCUT2D eigenvalue weighted by Crippen LogP contribution is 2.30. The first-order chi connectivity index (χ1) is 13.5. The van der Waals surface area contributed by atoms with Crippen LogP contribution in [-0.2, 0) is 16.1 Å².